The molecule has 4 rings (SSSR count). The molecule has 0 radical (unpaired) electrons. The molecule has 1 aliphatic heterocycles. The molecule has 1 aliphatic rings. The zero-order valence-electron chi connectivity index (χ0n) is 16.4. The van der Waals surface area contributed by atoms with Crippen LogP contribution in [0.2, 0.25) is 0 Å². The largest absolute Gasteiger partial charge is 0.495 e. The van der Waals surface area contributed by atoms with Crippen LogP contribution in [0.3, 0.4) is 0 Å². The number of imidazole rings is 1. The van der Waals surface area contributed by atoms with Crippen LogP contribution in [0.15, 0.2) is 30.5 Å². The summed E-state index contributed by atoms with van der Waals surface area (Å²) in [5.41, 5.74) is 3.40. The molecular formula is C19H24N6O3S. The van der Waals surface area contributed by atoms with Crippen LogP contribution in [0.25, 0.3) is 5.65 Å². The molecule has 1 amide bonds. The number of fused-ring (bicyclic) bond motifs is 3. The molecule has 0 aliphatic carbocycles. The average Bonchev–Trinajstić information content (AvgIpc) is 3.11. The quantitative estimate of drug-likeness (QED) is 0.589. The van der Waals surface area contributed by atoms with E-state index in [0.29, 0.717) is 36.1 Å². The van der Waals surface area contributed by atoms with E-state index in [4.69, 9.17) is 9.47 Å². The lowest BCUT2D eigenvalue weighted by Crippen LogP contribution is -2.36. The standard InChI is InChI=1S/C19H22N6O3.H2S/c1-11-9-28-10-12-4-5-16(27-3)13(6-12)23-17-7-14(20-2)18-21-8-15(19(26)22-11)25(18)24-17;/h4-8,11,20H,9-10H2,1-3H3,(H,22,26)(H,23,24);1H2/t11-;/m0./s1. The van der Waals surface area contributed by atoms with Gasteiger partial charge in [-0.15, -0.1) is 5.10 Å². The Morgan fingerprint density at radius 2 is 2.17 bits per heavy atom. The van der Waals surface area contributed by atoms with E-state index in [1.807, 2.05) is 31.2 Å². The maximum absolute atomic E-state index is 12.7. The summed E-state index contributed by atoms with van der Waals surface area (Å²) in [5.74, 6) is 0.967. The van der Waals surface area contributed by atoms with Gasteiger partial charge in [-0.2, -0.15) is 13.5 Å². The van der Waals surface area contributed by atoms with Gasteiger partial charge in [-0.25, -0.2) is 9.50 Å². The monoisotopic (exact) mass is 416 g/mol. The molecule has 29 heavy (non-hydrogen) atoms. The lowest BCUT2D eigenvalue weighted by molar-refractivity contribution is 0.0815. The number of aromatic nitrogens is 3. The van der Waals surface area contributed by atoms with Crippen molar-refractivity contribution in [3.63, 3.8) is 0 Å². The number of nitrogens with one attached hydrogen (secondary N) is 3. The number of carbonyl (C=O) groups is 1. The summed E-state index contributed by atoms with van der Waals surface area (Å²) in [4.78, 5) is 17.1. The van der Waals surface area contributed by atoms with Crippen molar-refractivity contribution in [2.45, 2.75) is 19.6 Å². The molecule has 3 N–H and O–H groups in total. The first-order valence-electron chi connectivity index (χ1n) is 8.98. The molecule has 2 aromatic heterocycles. The summed E-state index contributed by atoms with van der Waals surface area (Å²) in [7, 11) is 3.41. The average molecular weight is 417 g/mol. The Bertz CT molecular complexity index is 1040. The third-order valence-electron chi connectivity index (χ3n) is 4.51. The molecule has 0 spiro atoms. The Labute approximate surface area is 175 Å². The van der Waals surface area contributed by atoms with Crippen LogP contribution in [0.5, 0.6) is 5.75 Å². The van der Waals surface area contributed by atoms with Crippen LogP contribution < -0.4 is 20.7 Å². The first-order valence-corrected chi connectivity index (χ1v) is 8.98. The highest BCUT2D eigenvalue weighted by Gasteiger charge is 2.19. The molecule has 0 saturated heterocycles. The highest BCUT2D eigenvalue weighted by Crippen LogP contribution is 2.30. The normalized spacial score (nSPS) is 16.4. The van der Waals surface area contributed by atoms with E-state index in [-0.39, 0.29) is 25.4 Å². The van der Waals surface area contributed by atoms with Crippen molar-refractivity contribution in [3.05, 3.63) is 41.7 Å². The second-order valence-electron chi connectivity index (χ2n) is 6.62. The predicted molar refractivity (Wildman–Crippen MR) is 116 cm³/mol. The van der Waals surface area contributed by atoms with E-state index in [0.717, 1.165) is 16.9 Å². The number of rotatable bonds is 2. The van der Waals surface area contributed by atoms with E-state index in [9.17, 15) is 4.79 Å². The van der Waals surface area contributed by atoms with Gasteiger partial charge in [0.2, 0.25) is 0 Å². The minimum Gasteiger partial charge on any atom is -0.495 e. The fraction of sp³-hybridized carbons (Fsp3) is 0.316. The molecule has 154 valence electrons. The van der Waals surface area contributed by atoms with Crippen LogP contribution in [0.1, 0.15) is 23.0 Å². The second-order valence-corrected chi connectivity index (χ2v) is 6.62. The number of hydrogen-bond acceptors (Lipinski definition) is 7. The molecule has 4 bridgehead atoms. The Hall–Kier alpha value is -2.98. The van der Waals surface area contributed by atoms with Gasteiger partial charge in [0.15, 0.2) is 17.2 Å². The van der Waals surface area contributed by atoms with Crippen molar-refractivity contribution in [2.75, 3.05) is 31.4 Å². The maximum Gasteiger partial charge on any atom is 0.271 e. The highest BCUT2D eigenvalue weighted by molar-refractivity contribution is 7.59. The highest BCUT2D eigenvalue weighted by atomic mass is 32.1. The fourth-order valence-corrected chi connectivity index (χ4v) is 3.14. The fourth-order valence-electron chi connectivity index (χ4n) is 3.14. The van der Waals surface area contributed by atoms with Gasteiger partial charge in [0, 0.05) is 19.2 Å². The number of amides is 1. The molecule has 10 heteroatoms. The van der Waals surface area contributed by atoms with Gasteiger partial charge in [-0.05, 0) is 24.6 Å². The molecule has 3 heterocycles. The van der Waals surface area contributed by atoms with Crippen LogP contribution in [0.4, 0.5) is 17.2 Å². The van der Waals surface area contributed by atoms with Crippen molar-refractivity contribution in [2.24, 2.45) is 0 Å². The Morgan fingerprint density at radius 3 is 2.93 bits per heavy atom. The van der Waals surface area contributed by atoms with E-state index >= 15 is 0 Å². The summed E-state index contributed by atoms with van der Waals surface area (Å²) < 4.78 is 12.8. The van der Waals surface area contributed by atoms with Gasteiger partial charge >= 0.3 is 0 Å². The molecule has 9 nitrogen and oxygen atoms in total. The lowest BCUT2D eigenvalue weighted by atomic mass is 10.2. The summed E-state index contributed by atoms with van der Waals surface area (Å²) in [6.07, 6.45) is 1.52. The summed E-state index contributed by atoms with van der Waals surface area (Å²) in [6, 6.07) is 7.47. The van der Waals surface area contributed by atoms with Crippen LogP contribution in [0, 0.1) is 0 Å². The van der Waals surface area contributed by atoms with Crippen molar-refractivity contribution >= 4 is 42.2 Å². The van der Waals surface area contributed by atoms with E-state index in [2.05, 4.69) is 26.0 Å². The molecule has 0 unspecified atom stereocenters. The van der Waals surface area contributed by atoms with E-state index in [1.54, 1.807) is 14.2 Å². The zero-order valence-corrected chi connectivity index (χ0v) is 17.4. The smallest absolute Gasteiger partial charge is 0.271 e. The number of nitrogens with zero attached hydrogens (tertiary/aromatic N) is 3. The molecule has 1 aromatic carbocycles. The molecule has 0 fully saturated rings. The van der Waals surface area contributed by atoms with Crippen molar-refractivity contribution in [1.29, 1.82) is 0 Å². The SMILES string of the molecule is CNc1cc2nn3c(cnc13)C(=O)N[C@@H](C)COCc1ccc(OC)c(c1)N2.S. The number of ether oxygens (including phenoxy) is 2. The third kappa shape index (κ3) is 4.08. The Kier molecular flexibility index (Phi) is 6.14. The van der Waals surface area contributed by atoms with E-state index in [1.165, 1.54) is 10.7 Å². The van der Waals surface area contributed by atoms with Gasteiger partial charge in [-0.1, -0.05) is 6.07 Å². The maximum atomic E-state index is 12.7. The Balaban J connectivity index is 0.00000240. The van der Waals surface area contributed by atoms with Crippen LogP contribution >= 0.6 is 13.5 Å². The summed E-state index contributed by atoms with van der Waals surface area (Å²) in [6.45, 7) is 2.70. The van der Waals surface area contributed by atoms with E-state index < -0.39 is 0 Å². The molecule has 0 saturated carbocycles. The van der Waals surface area contributed by atoms with Gasteiger partial charge in [0.05, 0.1) is 37.9 Å². The second kappa shape index (κ2) is 8.58. The zero-order chi connectivity index (χ0) is 19.7. The summed E-state index contributed by atoms with van der Waals surface area (Å²) in [5, 5.41) is 13.9. The van der Waals surface area contributed by atoms with Crippen molar-refractivity contribution in [1.82, 2.24) is 19.9 Å². The van der Waals surface area contributed by atoms with Crippen molar-refractivity contribution in [3.8, 4) is 5.75 Å². The van der Waals surface area contributed by atoms with Gasteiger partial charge < -0.3 is 25.4 Å². The van der Waals surface area contributed by atoms with Gasteiger partial charge in [0.25, 0.3) is 5.91 Å². The van der Waals surface area contributed by atoms with Gasteiger partial charge in [0.1, 0.15) is 5.75 Å². The minimum absolute atomic E-state index is 0. The first-order chi connectivity index (χ1) is 13.6. The van der Waals surface area contributed by atoms with Crippen molar-refractivity contribution < 1.29 is 14.3 Å². The summed E-state index contributed by atoms with van der Waals surface area (Å²) >= 11 is 0. The van der Waals surface area contributed by atoms with Gasteiger partial charge in [-0.3, -0.25) is 4.79 Å². The third-order valence-corrected chi connectivity index (χ3v) is 4.51. The predicted octanol–water partition coefficient (Wildman–Crippen LogP) is 2.28. The van der Waals surface area contributed by atoms with Crippen LogP contribution in [-0.2, 0) is 11.3 Å². The first kappa shape index (κ1) is 20.7. The number of anilines is 3. The van der Waals surface area contributed by atoms with Crippen LogP contribution in [-0.4, -0.2) is 47.3 Å². The Morgan fingerprint density at radius 1 is 1.34 bits per heavy atom. The molecule has 3 aromatic rings. The minimum atomic E-state index is -0.261. The number of methoxy groups -OCH3 is 1. The lowest BCUT2D eigenvalue weighted by Gasteiger charge is -2.17. The number of hydrogen-bond donors (Lipinski definition) is 3. The topological polar surface area (TPSA) is 102 Å². The molecular weight excluding hydrogens is 392 g/mol. The number of carbonyl (C=O) groups excluding carboxylic acids is 1. The molecule has 1 atom stereocenters. The number of benzene rings is 1.